The second-order valence-electron chi connectivity index (χ2n) is 6.40. The molecule has 1 saturated heterocycles. The van der Waals surface area contributed by atoms with E-state index in [1.165, 1.54) is 0 Å². The lowest BCUT2D eigenvalue weighted by Gasteiger charge is -2.35. The summed E-state index contributed by atoms with van der Waals surface area (Å²) in [5.74, 6) is 1.67. The first-order chi connectivity index (χ1) is 10.5. The lowest BCUT2D eigenvalue weighted by molar-refractivity contribution is -0.119. The maximum atomic E-state index is 11.1. The first-order valence-electron chi connectivity index (χ1n) is 7.93. The topological polar surface area (TPSA) is 110 Å². The number of carbonyl (C=O) groups excluding carboxylic acids is 1. The molecule has 1 aliphatic carbocycles. The predicted molar refractivity (Wildman–Crippen MR) is 85.4 cm³/mol. The fourth-order valence-corrected chi connectivity index (χ4v) is 3.29. The molecule has 0 bridgehead atoms. The zero-order valence-electron chi connectivity index (χ0n) is 13.0. The van der Waals surface area contributed by atoms with Gasteiger partial charge in [-0.05, 0) is 25.7 Å². The molecule has 0 atom stereocenters. The molecule has 0 aromatic carbocycles. The van der Waals surface area contributed by atoms with Crippen LogP contribution in [0.4, 0.5) is 11.8 Å². The van der Waals surface area contributed by atoms with Crippen molar-refractivity contribution in [3.63, 3.8) is 0 Å². The predicted octanol–water partition coefficient (Wildman–Crippen LogP) is 0.368. The highest BCUT2D eigenvalue weighted by Gasteiger charge is 2.30. The molecule has 120 valence electrons. The minimum Gasteiger partial charge on any atom is -0.368 e. The maximum Gasteiger partial charge on any atom is 0.222 e. The van der Waals surface area contributed by atoms with Crippen molar-refractivity contribution in [3.05, 3.63) is 11.8 Å². The number of hydrogen-bond acceptors (Lipinski definition) is 6. The molecule has 1 aromatic rings. The van der Waals surface area contributed by atoms with Crippen molar-refractivity contribution >= 4 is 17.7 Å². The third-order valence-electron chi connectivity index (χ3n) is 4.57. The third kappa shape index (κ3) is 3.30. The lowest BCUT2D eigenvalue weighted by Crippen LogP contribution is -2.44. The Kier molecular flexibility index (Phi) is 4.15. The number of amides is 1. The highest BCUT2D eigenvalue weighted by atomic mass is 16.1. The van der Waals surface area contributed by atoms with Crippen molar-refractivity contribution < 1.29 is 4.79 Å². The van der Waals surface area contributed by atoms with Crippen molar-refractivity contribution in [2.24, 2.45) is 5.73 Å². The number of nitrogens with two attached hydrogens (primary N) is 2. The SMILES string of the molecule is CC(=O)NC1CCN(c2cc(C3CC(N)C3)nc(N)n2)CC1. The monoisotopic (exact) mass is 304 g/mol. The van der Waals surface area contributed by atoms with Crippen LogP contribution >= 0.6 is 0 Å². The van der Waals surface area contributed by atoms with Gasteiger partial charge in [0.15, 0.2) is 0 Å². The van der Waals surface area contributed by atoms with E-state index >= 15 is 0 Å². The number of anilines is 2. The molecule has 22 heavy (non-hydrogen) atoms. The Morgan fingerprint density at radius 3 is 2.59 bits per heavy atom. The standard InChI is InChI=1S/C15H24N6O/c1-9(22)18-12-2-4-21(5-3-12)14-8-13(19-15(17)20-14)10-6-11(16)7-10/h8,10-12H,2-7,16H2,1H3,(H,18,22)(H2,17,19,20). The fourth-order valence-electron chi connectivity index (χ4n) is 3.29. The number of nitrogens with one attached hydrogen (secondary N) is 1. The first-order valence-corrected chi connectivity index (χ1v) is 7.93. The summed E-state index contributed by atoms with van der Waals surface area (Å²) in [7, 11) is 0. The zero-order valence-corrected chi connectivity index (χ0v) is 13.0. The van der Waals surface area contributed by atoms with Gasteiger partial charge < -0.3 is 21.7 Å². The van der Waals surface area contributed by atoms with Gasteiger partial charge in [-0.2, -0.15) is 4.98 Å². The summed E-state index contributed by atoms with van der Waals surface area (Å²) in [6.07, 6.45) is 3.79. The van der Waals surface area contributed by atoms with E-state index in [2.05, 4.69) is 20.2 Å². The summed E-state index contributed by atoms with van der Waals surface area (Å²) in [4.78, 5) is 22.1. The Labute approximate surface area is 130 Å². The van der Waals surface area contributed by atoms with Crippen LogP contribution in [-0.2, 0) is 4.79 Å². The van der Waals surface area contributed by atoms with Crippen LogP contribution in [0.1, 0.15) is 44.2 Å². The minimum atomic E-state index is 0.0355. The largest absolute Gasteiger partial charge is 0.368 e. The van der Waals surface area contributed by atoms with Gasteiger partial charge in [0.2, 0.25) is 11.9 Å². The van der Waals surface area contributed by atoms with Gasteiger partial charge in [0.1, 0.15) is 5.82 Å². The molecule has 7 nitrogen and oxygen atoms in total. The van der Waals surface area contributed by atoms with Crippen molar-refractivity contribution in [1.82, 2.24) is 15.3 Å². The van der Waals surface area contributed by atoms with E-state index in [0.717, 1.165) is 50.3 Å². The lowest BCUT2D eigenvalue weighted by atomic mass is 9.78. The summed E-state index contributed by atoms with van der Waals surface area (Å²) in [6, 6.07) is 2.60. The summed E-state index contributed by atoms with van der Waals surface area (Å²) in [6.45, 7) is 3.29. The average Bonchev–Trinajstić information content (AvgIpc) is 2.43. The summed E-state index contributed by atoms with van der Waals surface area (Å²) in [5, 5.41) is 2.98. The van der Waals surface area contributed by atoms with E-state index in [0.29, 0.717) is 11.9 Å². The van der Waals surface area contributed by atoms with Crippen molar-refractivity contribution in [2.75, 3.05) is 23.7 Å². The van der Waals surface area contributed by atoms with Crippen LogP contribution < -0.4 is 21.7 Å². The van der Waals surface area contributed by atoms with Gasteiger partial charge in [-0.3, -0.25) is 4.79 Å². The Morgan fingerprint density at radius 1 is 1.32 bits per heavy atom. The Balaban J connectivity index is 1.66. The zero-order chi connectivity index (χ0) is 15.7. The van der Waals surface area contributed by atoms with Crippen molar-refractivity contribution in [1.29, 1.82) is 0 Å². The molecule has 7 heteroatoms. The van der Waals surface area contributed by atoms with Crippen LogP contribution in [0.2, 0.25) is 0 Å². The van der Waals surface area contributed by atoms with E-state index in [4.69, 9.17) is 11.5 Å². The van der Waals surface area contributed by atoms with E-state index < -0.39 is 0 Å². The molecule has 3 rings (SSSR count). The molecule has 1 aromatic heterocycles. The van der Waals surface area contributed by atoms with Gasteiger partial charge in [0.25, 0.3) is 0 Å². The smallest absolute Gasteiger partial charge is 0.222 e. The van der Waals surface area contributed by atoms with E-state index in [9.17, 15) is 4.79 Å². The molecule has 2 heterocycles. The maximum absolute atomic E-state index is 11.1. The van der Waals surface area contributed by atoms with Gasteiger partial charge in [-0.15, -0.1) is 0 Å². The molecule has 2 fully saturated rings. The van der Waals surface area contributed by atoms with Crippen LogP contribution in [0.5, 0.6) is 0 Å². The fraction of sp³-hybridized carbons (Fsp3) is 0.667. The Hall–Kier alpha value is -1.89. The number of carbonyl (C=O) groups is 1. The number of hydrogen-bond donors (Lipinski definition) is 3. The second-order valence-corrected chi connectivity index (χ2v) is 6.40. The average molecular weight is 304 g/mol. The highest BCUT2D eigenvalue weighted by Crippen LogP contribution is 2.36. The van der Waals surface area contributed by atoms with E-state index in [1.807, 2.05) is 6.07 Å². The summed E-state index contributed by atoms with van der Waals surface area (Å²) >= 11 is 0. The third-order valence-corrected chi connectivity index (χ3v) is 4.57. The van der Waals surface area contributed by atoms with Crippen LogP contribution in [0, 0.1) is 0 Å². The molecule has 0 radical (unpaired) electrons. The summed E-state index contributed by atoms with van der Waals surface area (Å²) < 4.78 is 0. The van der Waals surface area contributed by atoms with Crippen LogP contribution in [0.15, 0.2) is 6.07 Å². The minimum absolute atomic E-state index is 0.0355. The molecule has 2 aliphatic rings. The van der Waals surface area contributed by atoms with Crippen LogP contribution in [-0.4, -0.2) is 41.0 Å². The number of nitrogen functional groups attached to an aromatic ring is 1. The van der Waals surface area contributed by atoms with E-state index in [-0.39, 0.29) is 18.0 Å². The van der Waals surface area contributed by atoms with Gasteiger partial charge >= 0.3 is 0 Å². The highest BCUT2D eigenvalue weighted by molar-refractivity contribution is 5.73. The van der Waals surface area contributed by atoms with Gasteiger partial charge in [0.05, 0.1) is 5.69 Å². The molecule has 5 N–H and O–H groups in total. The number of aromatic nitrogens is 2. The molecular weight excluding hydrogens is 280 g/mol. The first kappa shape index (κ1) is 15.0. The number of nitrogens with zero attached hydrogens (tertiary/aromatic N) is 3. The Morgan fingerprint density at radius 2 is 2.00 bits per heavy atom. The number of rotatable bonds is 3. The van der Waals surface area contributed by atoms with Crippen molar-refractivity contribution in [3.8, 4) is 0 Å². The van der Waals surface area contributed by atoms with Crippen molar-refractivity contribution in [2.45, 2.75) is 50.6 Å². The molecular formula is C15H24N6O. The quantitative estimate of drug-likeness (QED) is 0.744. The van der Waals surface area contributed by atoms with Gasteiger partial charge in [-0.25, -0.2) is 4.98 Å². The van der Waals surface area contributed by atoms with E-state index in [1.54, 1.807) is 6.92 Å². The van der Waals surface area contributed by atoms with Gasteiger partial charge in [0, 0.05) is 44.1 Å². The molecule has 0 unspecified atom stereocenters. The molecule has 1 amide bonds. The number of piperidine rings is 1. The van der Waals surface area contributed by atoms with Gasteiger partial charge in [-0.1, -0.05) is 0 Å². The second kappa shape index (κ2) is 6.08. The normalized spacial score (nSPS) is 25.6. The van der Waals surface area contributed by atoms with Crippen LogP contribution in [0.25, 0.3) is 0 Å². The summed E-state index contributed by atoms with van der Waals surface area (Å²) in [5.41, 5.74) is 12.7. The molecule has 1 aliphatic heterocycles. The van der Waals surface area contributed by atoms with Crippen LogP contribution in [0.3, 0.4) is 0 Å². The molecule has 0 spiro atoms. The molecule has 1 saturated carbocycles. The Bertz CT molecular complexity index is 549.